The lowest BCUT2D eigenvalue weighted by atomic mass is 9.92. The number of nitrogens with two attached hydrogens (primary N) is 1. The SMILES string of the molecule is CNCC/C(NC1CCCCC1)=C(\CN)C(=N)N1CCCc2cc(-c3cnn(C4=CCC5CN(C(C=O)CCC(=O)NC)C(=O)C5=C4)c3)c(C(F)F)cc21. The second-order valence-corrected chi connectivity index (χ2v) is 14.7. The van der Waals surface area contributed by atoms with E-state index in [2.05, 4.69) is 21.0 Å². The Morgan fingerprint density at radius 3 is 2.65 bits per heavy atom. The number of alkyl halides is 2. The Morgan fingerprint density at radius 1 is 1.15 bits per heavy atom. The van der Waals surface area contributed by atoms with E-state index in [4.69, 9.17) is 5.73 Å². The second kappa shape index (κ2) is 17.6. The van der Waals surface area contributed by atoms with Gasteiger partial charge in [0, 0.05) is 97.9 Å². The fourth-order valence-electron chi connectivity index (χ4n) is 8.26. The summed E-state index contributed by atoms with van der Waals surface area (Å²) in [5, 5.41) is 23.4. The fraction of sp³-hybridized carbons (Fsp3) is 0.525. The zero-order valence-corrected chi connectivity index (χ0v) is 31.3. The predicted molar refractivity (Wildman–Crippen MR) is 206 cm³/mol. The number of benzene rings is 1. The highest BCUT2D eigenvalue weighted by molar-refractivity contribution is 6.09. The van der Waals surface area contributed by atoms with Gasteiger partial charge in [-0.25, -0.2) is 13.5 Å². The number of amidine groups is 1. The van der Waals surface area contributed by atoms with Gasteiger partial charge in [-0.2, -0.15) is 5.10 Å². The van der Waals surface area contributed by atoms with Crippen LogP contribution in [0.2, 0.25) is 0 Å². The molecular weight excluding hydrogens is 692 g/mol. The minimum absolute atomic E-state index is 0.0939. The lowest BCUT2D eigenvalue weighted by molar-refractivity contribution is -0.131. The molecule has 6 N–H and O–H groups in total. The van der Waals surface area contributed by atoms with Crippen LogP contribution in [0.1, 0.15) is 81.8 Å². The molecule has 2 amide bonds. The third kappa shape index (κ3) is 8.34. The van der Waals surface area contributed by atoms with E-state index in [0.717, 1.165) is 43.4 Å². The normalized spacial score (nSPS) is 19.8. The topological polar surface area (TPSA) is 161 Å². The lowest BCUT2D eigenvalue weighted by Crippen LogP contribution is -2.41. The molecule has 1 aromatic heterocycles. The Kier molecular flexibility index (Phi) is 12.7. The van der Waals surface area contributed by atoms with Crippen molar-refractivity contribution >= 4 is 35.3 Å². The number of hydrogen-bond donors (Lipinski definition) is 5. The van der Waals surface area contributed by atoms with Crippen LogP contribution in [0.5, 0.6) is 0 Å². The highest BCUT2D eigenvalue weighted by Crippen LogP contribution is 2.40. The summed E-state index contributed by atoms with van der Waals surface area (Å²) in [5.74, 6) is -0.291. The minimum Gasteiger partial charge on any atom is -0.385 e. The van der Waals surface area contributed by atoms with Crippen molar-refractivity contribution in [3.63, 3.8) is 0 Å². The Hall–Kier alpha value is -4.69. The molecule has 2 unspecified atom stereocenters. The van der Waals surface area contributed by atoms with Gasteiger partial charge in [-0.3, -0.25) is 15.0 Å². The average molecular weight is 746 g/mol. The molecule has 54 heavy (non-hydrogen) atoms. The van der Waals surface area contributed by atoms with E-state index < -0.39 is 12.5 Å². The number of aromatic nitrogens is 2. The van der Waals surface area contributed by atoms with E-state index >= 15 is 0 Å². The molecule has 1 saturated heterocycles. The largest absolute Gasteiger partial charge is 0.385 e. The number of anilines is 1. The number of fused-ring (bicyclic) bond motifs is 2. The van der Waals surface area contributed by atoms with Gasteiger partial charge in [0.2, 0.25) is 5.91 Å². The van der Waals surface area contributed by atoms with Crippen molar-refractivity contribution in [2.45, 2.75) is 89.1 Å². The molecule has 14 heteroatoms. The zero-order chi connectivity index (χ0) is 38.4. The summed E-state index contributed by atoms with van der Waals surface area (Å²) in [6, 6.07) is 2.97. The number of amides is 2. The number of likely N-dealkylation sites (tertiary alicyclic amines) is 1. The van der Waals surface area contributed by atoms with Crippen LogP contribution in [-0.2, 0) is 20.8 Å². The molecule has 0 spiro atoms. The summed E-state index contributed by atoms with van der Waals surface area (Å²) in [7, 11) is 3.43. The van der Waals surface area contributed by atoms with E-state index in [9.17, 15) is 28.6 Å². The smallest absolute Gasteiger partial charge is 0.264 e. The molecule has 1 saturated carbocycles. The Morgan fingerprint density at radius 2 is 1.94 bits per heavy atom. The summed E-state index contributed by atoms with van der Waals surface area (Å²) < 4.78 is 31.4. The van der Waals surface area contributed by atoms with Gasteiger partial charge in [0.15, 0.2) is 0 Å². The van der Waals surface area contributed by atoms with Gasteiger partial charge in [-0.05, 0) is 74.9 Å². The molecule has 4 aliphatic rings. The number of allylic oxidation sites excluding steroid dienone is 3. The number of rotatable bonds is 15. The molecule has 2 fully saturated rings. The minimum atomic E-state index is -2.77. The second-order valence-electron chi connectivity index (χ2n) is 14.7. The standard InChI is InChI=1S/C40H53F2N9O3/c1-45-15-14-35(48-28-8-4-3-5-9-28)34(20-43)39(44)49-16-6-7-25-17-31(33(38(41)42)19-36(25)49)27-21-47-51(23-27)29-11-10-26-22-50(40(54)32(26)18-29)30(24-52)12-13-37(53)46-2/h11,17-19,21,23-24,26,28,30,38,44-45,48H,3-10,12-16,20,22,43H2,1-2H3,(H,46,53)/b35-34-,44-39?. The molecular formula is C40H53F2N9O3. The van der Waals surface area contributed by atoms with E-state index in [-0.39, 0.29) is 48.5 Å². The van der Waals surface area contributed by atoms with Crippen molar-refractivity contribution in [1.29, 1.82) is 5.41 Å². The molecule has 290 valence electrons. The van der Waals surface area contributed by atoms with Gasteiger partial charge in [0.05, 0.1) is 17.9 Å². The molecule has 0 radical (unpaired) electrons. The maximum absolute atomic E-state index is 14.9. The molecule has 2 aromatic rings. The van der Waals surface area contributed by atoms with Gasteiger partial charge in [-0.15, -0.1) is 0 Å². The van der Waals surface area contributed by atoms with Gasteiger partial charge in [0.25, 0.3) is 12.3 Å². The monoisotopic (exact) mass is 745 g/mol. The van der Waals surface area contributed by atoms with Crippen LogP contribution in [0.25, 0.3) is 16.8 Å². The van der Waals surface area contributed by atoms with E-state index in [1.165, 1.54) is 37.3 Å². The van der Waals surface area contributed by atoms with Crippen LogP contribution >= 0.6 is 0 Å². The number of hydrogen-bond acceptors (Lipinski definition) is 8. The Bertz CT molecular complexity index is 1830. The van der Waals surface area contributed by atoms with Crippen molar-refractivity contribution in [3.8, 4) is 11.1 Å². The molecule has 12 nitrogen and oxygen atoms in total. The number of nitrogens with zero attached hydrogens (tertiary/aromatic N) is 4. The molecule has 2 aliphatic carbocycles. The quantitative estimate of drug-likeness (QED) is 0.0998. The number of aryl methyl sites for hydroxylation is 1. The summed E-state index contributed by atoms with van der Waals surface area (Å²) in [4.78, 5) is 40.5. The maximum Gasteiger partial charge on any atom is 0.264 e. The highest BCUT2D eigenvalue weighted by atomic mass is 19.3. The van der Waals surface area contributed by atoms with Crippen LogP contribution in [0.4, 0.5) is 14.5 Å². The molecule has 0 bridgehead atoms. The third-order valence-corrected chi connectivity index (χ3v) is 11.3. The first kappa shape index (κ1) is 39.0. The summed E-state index contributed by atoms with van der Waals surface area (Å²) in [6.07, 6.45) is 13.7. The molecule has 2 aliphatic heterocycles. The number of halogens is 2. The molecule has 1 aromatic carbocycles. The Balaban J connectivity index is 1.25. The number of nitrogens with one attached hydrogen (secondary N) is 4. The van der Waals surface area contributed by atoms with Gasteiger partial charge in [-0.1, -0.05) is 25.3 Å². The predicted octanol–water partition coefficient (Wildman–Crippen LogP) is 4.69. The van der Waals surface area contributed by atoms with Crippen LogP contribution in [-0.4, -0.2) is 91.0 Å². The van der Waals surface area contributed by atoms with Crippen molar-refractivity contribution < 1.29 is 23.2 Å². The van der Waals surface area contributed by atoms with Gasteiger partial charge < -0.3 is 36.3 Å². The molecule has 3 heterocycles. The Labute approximate surface area is 315 Å². The van der Waals surface area contributed by atoms with Crippen molar-refractivity contribution in [2.24, 2.45) is 11.7 Å². The average Bonchev–Trinajstić information content (AvgIpc) is 3.81. The van der Waals surface area contributed by atoms with E-state index in [0.29, 0.717) is 72.1 Å². The first-order valence-electron chi connectivity index (χ1n) is 19.3. The summed E-state index contributed by atoms with van der Waals surface area (Å²) in [5.41, 5.74) is 11.4. The van der Waals surface area contributed by atoms with Crippen LogP contribution in [0.15, 0.2) is 53.5 Å². The van der Waals surface area contributed by atoms with E-state index in [1.54, 1.807) is 23.2 Å². The van der Waals surface area contributed by atoms with Crippen molar-refractivity contribution in [3.05, 3.63) is 64.6 Å². The van der Waals surface area contributed by atoms with Crippen molar-refractivity contribution in [2.75, 3.05) is 45.2 Å². The van der Waals surface area contributed by atoms with Gasteiger partial charge in [0.1, 0.15) is 12.1 Å². The summed E-state index contributed by atoms with van der Waals surface area (Å²) >= 11 is 0. The fourth-order valence-corrected chi connectivity index (χ4v) is 8.26. The maximum atomic E-state index is 14.9. The number of carbonyl (C=O) groups excluding carboxylic acids is 3. The highest BCUT2D eigenvalue weighted by Gasteiger charge is 2.40. The number of carbonyl (C=O) groups is 3. The lowest BCUT2D eigenvalue weighted by Gasteiger charge is -2.35. The summed E-state index contributed by atoms with van der Waals surface area (Å²) in [6.45, 7) is 1.79. The van der Waals surface area contributed by atoms with Crippen LogP contribution in [0, 0.1) is 11.3 Å². The van der Waals surface area contributed by atoms with Crippen LogP contribution in [0.3, 0.4) is 0 Å². The first-order chi connectivity index (χ1) is 26.2. The third-order valence-electron chi connectivity index (χ3n) is 11.3. The number of aldehydes is 1. The van der Waals surface area contributed by atoms with E-state index in [1.807, 2.05) is 24.1 Å². The first-order valence-corrected chi connectivity index (χ1v) is 19.3. The van der Waals surface area contributed by atoms with Crippen LogP contribution < -0.4 is 26.6 Å². The zero-order valence-electron chi connectivity index (χ0n) is 31.3. The molecule has 2 atom stereocenters. The van der Waals surface area contributed by atoms with Crippen molar-refractivity contribution in [1.82, 2.24) is 30.6 Å². The van der Waals surface area contributed by atoms with Gasteiger partial charge >= 0.3 is 0 Å². The molecule has 6 rings (SSSR count).